The van der Waals surface area contributed by atoms with Crippen molar-refractivity contribution in [1.82, 2.24) is 4.90 Å². The van der Waals surface area contributed by atoms with Gasteiger partial charge in [-0.25, -0.2) is 4.79 Å². The Hall–Kier alpha value is -0.750. The lowest BCUT2D eigenvalue weighted by molar-refractivity contribution is -0.150. The van der Waals surface area contributed by atoms with Gasteiger partial charge in [0.05, 0.1) is 0 Å². The number of rotatable bonds is 3. The van der Waals surface area contributed by atoms with Gasteiger partial charge in [0, 0.05) is 30.5 Å². The van der Waals surface area contributed by atoms with E-state index in [0.29, 0.717) is 12.3 Å². The van der Waals surface area contributed by atoms with E-state index in [1.54, 1.807) is 18.7 Å². The number of nitrogens with two attached hydrogens (primary N) is 1. The Morgan fingerprint density at radius 2 is 2.33 bits per heavy atom. The number of hydrogen-bond donors (Lipinski definition) is 2. The van der Waals surface area contributed by atoms with Gasteiger partial charge >= 0.3 is 5.97 Å². The van der Waals surface area contributed by atoms with Crippen LogP contribution in [-0.4, -0.2) is 52.5 Å². The highest BCUT2D eigenvalue weighted by molar-refractivity contribution is 7.99. The van der Waals surface area contributed by atoms with Crippen molar-refractivity contribution in [3.63, 3.8) is 0 Å². The first kappa shape index (κ1) is 12.3. The van der Waals surface area contributed by atoms with E-state index < -0.39 is 12.0 Å². The molecule has 1 aliphatic heterocycles. The van der Waals surface area contributed by atoms with Gasteiger partial charge in [0.1, 0.15) is 6.04 Å². The van der Waals surface area contributed by atoms with Crippen molar-refractivity contribution in [2.75, 3.05) is 24.6 Å². The molecule has 0 saturated carbocycles. The van der Waals surface area contributed by atoms with Gasteiger partial charge in [-0.2, -0.15) is 11.8 Å². The monoisotopic (exact) mass is 232 g/mol. The standard InChI is InChI=1S/C9H16N2O3S/c1-6(4-10)8(12)11-2-3-15-5-7(11)9(13)14/h6-7H,2-5,10H2,1H3,(H,13,14). The topological polar surface area (TPSA) is 83.6 Å². The van der Waals surface area contributed by atoms with Gasteiger partial charge in [-0.05, 0) is 0 Å². The molecule has 0 aromatic carbocycles. The average molecular weight is 232 g/mol. The van der Waals surface area contributed by atoms with Gasteiger partial charge in [-0.1, -0.05) is 6.92 Å². The Kier molecular flexibility index (Phi) is 4.41. The molecule has 3 N–H and O–H groups in total. The molecule has 0 aliphatic carbocycles. The third-order valence-corrected chi connectivity index (χ3v) is 3.49. The number of carboxylic acid groups (broad SMARTS) is 1. The molecule has 1 amide bonds. The summed E-state index contributed by atoms with van der Waals surface area (Å²) < 4.78 is 0. The fraction of sp³-hybridized carbons (Fsp3) is 0.778. The zero-order chi connectivity index (χ0) is 11.4. The molecule has 1 aliphatic rings. The lowest BCUT2D eigenvalue weighted by atomic mass is 10.1. The first-order chi connectivity index (χ1) is 7.07. The van der Waals surface area contributed by atoms with Gasteiger partial charge in [-0.3, -0.25) is 4.79 Å². The number of aliphatic carboxylic acids is 1. The summed E-state index contributed by atoms with van der Waals surface area (Å²) in [6.07, 6.45) is 0. The van der Waals surface area contributed by atoms with Gasteiger partial charge in [0.25, 0.3) is 0 Å². The van der Waals surface area contributed by atoms with Crippen LogP contribution in [0.3, 0.4) is 0 Å². The number of carbonyl (C=O) groups excluding carboxylic acids is 1. The molecule has 2 unspecified atom stereocenters. The second-order valence-corrected chi connectivity index (χ2v) is 4.75. The van der Waals surface area contributed by atoms with E-state index in [1.807, 2.05) is 0 Å². The molecular formula is C9H16N2O3S. The summed E-state index contributed by atoms with van der Waals surface area (Å²) in [5, 5.41) is 8.97. The second-order valence-electron chi connectivity index (χ2n) is 3.60. The molecule has 1 saturated heterocycles. The molecule has 1 rings (SSSR count). The van der Waals surface area contributed by atoms with Crippen LogP contribution in [0.5, 0.6) is 0 Å². The van der Waals surface area contributed by atoms with Crippen molar-refractivity contribution in [2.24, 2.45) is 11.7 Å². The molecule has 6 heteroatoms. The van der Waals surface area contributed by atoms with E-state index >= 15 is 0 Å². The van der Waals surface area contributed by atoms with Crippen LogP contribution in [0, 0.1) is 5.92 Å². The Labute approximate surface area is 93.0 Å². The first-order valence-corrected chi connectivity index (χ1v) is 6.04. The van der Waals surface area contributed by atoms with Crippen LogP contribution in [0.15, 0.2) is 0 Å². The van der Waals surface area contributed by atoms with Crippen molar-refractivity contribution >= 4 is 23.6 Å². The SMILES string of the molecule is CC(CN)C(=O)N1CCSCC1C(=O)O. The smallest absolute Gasteiger partial charge is 0.327 e. The molecule has 5 nitrogen and oxygen atoms in total. The molecule has 15 heavy (non-hydrogen) atoms. The quantitative estimate of drug-likeness (QED) is 0.692. The Morgan fingerprint density at radius 1 is 1.67 bits per heavy atom. The Bertz CT molecular complexity index is 260. The van der Waals surface area contributed by atoms with Gasteiger partial charge in [0.2, 0.25) is 5.91 Å². The van der Waals surface area contributed by atoms with E-state index in [4.69, 9.17) is 10.8 Å². The van der Waals surface area contributed by atoms with Crippen LogP contribution < -0.4 is 5.73 Å². The normalized spacial score (nSPS) is 23.6. The number of amides is 1. The maximum atomic E-state index is 11.8. The van der Waals surface area contributed by atoms with E-state index in [9.17, 15) is 9.59 Å². The summed E-state index contributed by atoms with van der Waals surface area (Å²) in [5.41, 5.74) is 5.40. The highest BCUT2D eigenvalue weighted by Crippen LogP contribution is 2.18. The van der Waals surface area contributed by atoms with Crippen molar-refractivity contribution in [3.05, 3.63) is 0 Å². The molecule has 86 valence electrons. The van der Waals surface area contributed by atoms with Crippen LogP contribution >= 0.6 is 11.8 Å². The summed E-state index contributed by atoms with van der Waals surface area (Å²) >= 11 is 1.57. The van der Waals surface area contributed by atoms with Crippen LogP contribution in [0.4, 0.5) is 0 Å². The predicted octanol–water partition coefficient (Wildman–Crippen LogP) is -0.390. The summed E-state index contributed by atoms with van der Waals surface area (Å²) in [7, 11) is 0. The minimum atomic E-state index is -0.931. The van der Waals surface area contributed by atoms with E-state index in [2.05, 4.69) is 0 Å². The highest BCUT2D eigenvalue weighted by atomic mass is 32.2. The third-order valence-electron chi connectivity index (χ3n) is 2.47. The van der Waals surface area contributed by atoms with Crippen LogP contribution in [0.2, 0.25) is 0 Å². The largest absolute Gasteiger partial charge is 0.480 e. The van der Waals surface area contributed by atoms with Crippen molar-refractivity contribution in [3.8, 4) is 0 Å². The molecule has 0 radical (unpaired) electrons. The average Bonchev–Trinajstić information content (AvgIpc) is 2.27. The van der Waals surface area contributed by atoms with E-state index in [0.717, 1.165) is 5.75 Å². The predicted molar refractivity (Wildman–Crippen MR) is 58.7 cm³/mol. The third kappa shape index (κ3) is 2.85. The maximum absolute atomic E-state index is 11.8. The molecule has 1 fully saturated rings. The lowest BCUT2D eigenvalue weighted by Gasteiger charge is -2.34. The first-order valence-electron chi connectivity index (χ1n) is 4.89. The number of carboxylic acids is 1. The van der Waals surface area contributed by atoms with Gasteiger partial charge in [-0.15, -0.1) is 0 Å². The zero-order valence-corrected chi connectivity index (χ0v) is 9.50. The fourth-order valence-electron chi connectivity index (χ4n) is 1.46. The molecule has 0 bridgehead atoms. The molecule has 1 heterocycles. The van der Waals surface area contributed by atoms with Crippen LogP contribution in [-0.2, 0) is 9.59 Å². The molecule has 0 aromatic rings. The summed E-state index contributed by atoms with van der Waals surface area (Å²) in [4.78, 5) is 24.2. The van der Waals surface area contributed by atoms with Crippen molar-refractivity contribution in [1.29, 1.82) is 0 Å². The Balaban J connectivity index is 2.71. The van der Waals surface area contributed by atoms with E-state index in [-0.39, 0.29) is 18.4 Å². The van der Waals surface area contributed by atoms with Gasteiger partial charge < -0.3 is 15.7 Å². The molecular weight excluding hydrogens is 216 g/mol. The van der Waals surface area contributed by atoms with E-state index in [1.165, 1.54) is 4.90 Å². The number of nitrogens with zero attached hydrogens (tertiary/aromatic N) is 1. The highest BCUT2D eigenvalue weighted by Gasteiger charge is 2.33. The second kappa shape index (κ2) is 5.37. The molecule has 2 atom stereocenters. The zero-order valence-electron chi connectivity index (χ0n) is 8.68. The number of carbonyl (C=O) groups is 2. The molecule has 0 spiro atoms. The summed E-state index contributed by atoms with van der Waals surface area (Å²) in [6.45, 7) is 2.49. The lowest BCUT2D eigenvalue weighted by Crippen LogP contribution is -2.52. The fourth-order valence-corrected chi connectivity index (χ4v) is 2.49. The number of thioether (sulfide) groups is 1. The van der Waals surface area contributed by atoms with Crippen molar-refractivity contribution in [2.45, 2.75) is 13.0 Å². The van der Waals surface area contributed by atoms with Crippen LogP contribution in [0.1, 0.15) is 6.92 Å². The molecule has 0 aromatic heterocycles. The summed E-state index contributed by atoms with van der Waals surface area (Å²) in [5.74, 6) is -0.106. The Morgan fingerprint density at radius 3 is 2.87 bits per heavy atom. The number of hydrogen-bond acceptors (Lipinski definition) is 4. The minimum absolute atomic E-state index is 0.148. The van der Waals surface area contributed by atoms with Gasteiger partial charge in [0.15, 0.2) is 0 Å². The van der Waals surface area contributed by atoms with Crippen molar-refractivity contribution < 1.29 is 14.7 Å². The minimum Gasteiger partial charge on any atom is -0.480 e. The van der Waals surface area contributed by atoms with Crippen LogP contribution in [0.25, 0.3) is 0 Å². The summed E-state index contributed by atoms with van der Waals surface area (Å²) in [6, 6.07) is -0.690. The maximum Gasteiger partial charge on any atom is 0.327 e.